The molecular formula is C27H30N6O2. The van der Waals surface area contributed by atoms with Crippen molar-refractivity contribution in [3.8, 4) is 11.4 Å². The Hall–Kier alpha value is -3.94. The van der Waals surface area contributed by atoms with E-state index in [0.29, 0.717) is 25.3 Å². The molecule has 8 nitrogen and oxygen atoms in total. The normalized spacial score (nSPS) is 15.8. The van der Waals surface area contributed by atoms with E-state index in [9.17, 15) is 4.79 Å². The van der Waals surface area contributed by atoms with Gasteiger partial charge in [-0.25, -0.2) is 14.6 Å². The first-order valence-corrected chi connectivity index (χ1v) is 12.1. The lowest BCUT2D eigenvalue weighted by Crippen LogP contribution is -2.43. The molecule has 1 atom stereocenters. The number of benzene rings is 2. The van der Waals surface area contributed by atoms with Crippen LogP contribution in [-0.4, -0.2) is 45.4 Å². The second-order valence-electron chi connectivity index (χ2n) is 8.92. The lowest BCUT2D eigenvalue weighted by Gasteiger charge is -2.33. The molecule has 0 saturated carbocycles. The summed E-state index contributed by atoms with van der Waals surface area (Å²) in [6.45, 7) is 6.64. The van der Waals surface area contributed by atoms with Crippen LogP contribution in [0.4, 0.5) is 5.82 Å². The highest BCUT2D eigenvalue weighted by atomic mass is 16.5. The van der Waals surface area contributed by atoms with Gasteiger partial charge in [0.05, 0.1) is 23.6 Å². The predicted molar refractivity (Wildman–Crippen MR) is 136 cm³/mol. The number of amides is 1. The fraction of sp³-hybridized carbons (Fsp3) is 0.333. The van der Waals surface area contributed by atoms with E-state index in [1.807, 2.05) is 54.2 Å². The number of aryl methyl sites for hydroxylation is 1. The number of fused-ring (bicyclic) bond motifs is 1. The van der Waals surface area contributed by atoms with Crippen molar-refractivity contribution in [3.63, 3.8) is 0 Å². The van der Waals surface area contributed by atoms with E-state index in [0.717, 1.165) is 47.6 Å². The van der Waals surface area contributed by atoms with Crippen molar-refractivity contribution in [2.45, 2.75) is 33.2 Å². The molecule has 1 saturated heterocycles. The number of carbonyl (C=O) groups is 1. The van der Waals surface area contributed by atoms with Crippen molar-refractivity contribution in [3.05, 3.63) is 72.2 Å². The minimum atomic E-state index is -0.0939. The Labute approximate surface area is 205 Å². The summed E-state index contributed by atoms with van der Waals surface area (Å²) in [4.78, 5) is 24.1. The summed E-state index contributed by atoms with van der Waals surface area (Å²) in [6.07, 6.45) is 5.33. The van der Waals surface area contributed by atoms with E-state index in [1.165, 1.54) is 5.56 Å². The summed E-state index contributed by atoms with van der Waals surface area (Å²) in [5, 5.41) is 8.65. The molecule has 8 heteroatoms. The van der Waals surface area contributed by atoms with E-state index >= 15 is 0 Å². The summed E-state index contributed by atoms with van der Waals surface area (Å²) in [7, 11) is 0. The fourth-order valence-electron chi connectivity index (χ4n) is 4.49. The van der Waals surface area contributed by atoms with Crippen LogP contribution in [0, 0.1) is 12.8 Å². The molecule has 0 bridgehead atoms. The molecule has 5 rings (SSSR count). The first-order chi connectivity index (χ1) is 17.1. The third kappa shape index (κ3) is 5.11. The summed E-state index contributed by atoms with van der Waals surface area (Å²) < 4.78 is 7.33. The molecule has 0 aliphatic carbocycles. The molecule has 1 N–H and O–H groups in total. The average Bonchev–Trinajstić information content (AvgIpc) is 3.33. The van der Waals surface area contributed by atoms with E-state index in [2.05, 4.69) is 44.3 Å². The molecule has 4 aromatic rings. The highest BCUT2D eigenvalue weighted by molar-refractivity contribution is 5.87. The van der Waals surface area contributed by atoms with Gasteiger partial charge in [0.2, 0.25) is 5.91 Å². The summed E-state index contributed by atoms with van der Waals surface area (Å²) in [5.74, 6) is 1.65. The minimum absolute atomic E-state index is 0.0734. The molecule has 2 aromatic heterocycles. The zero-order valence-electron chi connectivity index (χ0n) is 20.1. The van der Waals surface area contributed by atoms with E-state index in [1.54, 1.807) is 6.33 Å². The highest BCUT2D eigenvalue weighted by Gasteiger charge is 2.28. The Balaban J connectivity index is 1.28. The van der Waals surface area contributed by atoms with Gasteiger partial charge in [0.1, 0.15) is 17.9 Å². The van der Waals surface area contributed by atoms with E-state index in [4.69, 9.17) is 4.74 Å². The van der Waals surface area contributed by atoms with Gasteiger partial charge in [-0.1, -0.05) is 29.8 Å². The molecule has 2 aromatic carbocycles. The molecule has 1 aliphatic rings. The standard InChI is InChI=1S/C27H30N6O2/c1-3-35-23-12-8-20(9-13-23)15-28-27(34)21-5-4-14-32(16-21)26-24-17-33(31-25(24)29-18-30-26)22-10-6-19(2)7-11-22/h6-13,17-18,21H,3-5,14-16H2,1-2H3,(H,28,34)/t21-/m0/s1. The topological polar surface area (TPSA) is 85.2 Å². The van der Waals surface area contributed by atoms with Crippen LogP contribution in [-0.2, 0) is 11.3 Å². The van der Waals surface area contributed by atoms with Gasteiger partial charge in [-0.2, -0.15) is 0 Å². The highest BCUT2D eigenvalue weighted by Crippen LogP contribution is 2.28. The number of nitrogens with zero attached hydrogens (tertiary/aromatic N) is 5. The van der Waals surface area contributed by atoms with Crippen LogP contribution >= 0.6 is 0 Å². The maximum Gasteiger partial charge on any atom is 0.225 e. The molecule has 35 heavy (non-hydrogen) atoms. The molecule has 1 amide bonds. The van der Waals surface area contributed by atoms with Crippen LogP contribution in [0.3, 0.4) is 0 Å². The first kappa shape index (κ1) is 22.8. The van der Waals surface area contributed by atoms with Gasteiger partial charge in [-0.3, -0.25) is 4.79 Å². The Morgan fingerprint density at radius 1 is 1.11 bits per heavy atom. The number of hydrogen-bond donors (Lipinski definition) is 1. The largest absolute Gasteiger partial charge is 0.494 e. The summed E-state index contributed by atoms with van der Waals surface area (Å²) >= 11 is 0. The first-order valence-electron chi connectivity index (χ1n) is 12.1. The Bertz CT molecular complexity index is 1300. The van der Waals surface area contributed by atoms with Crippen molar-refractivity contribution in [2.24, 2.45) is 5.92 Å². The summed E-state index contributed by atoms with van der Waals surface area (Å²) in [6, 6.07) is 16.1. The van der Waals surface area contributed by atoms with Crippen molar-refractivity contribution >= 4 is 22.8 Å². The summed E-state index contributed by atoms with van der Waals surface area (Å²) in [5.41, 5.74) is 3.88. The second-order valence-corrected chi connectivity index (χ2v) is 8.92. The van der Waals surface area contributed by atoms with E-state index in [-0.39, 0.29) is 11.8 Å². The lowest BCUT2D eigenvalue weighted by molar-refractivity contribution is -0.125. The van der Waals surface area contributed by atoms with Gasteiger partial charge in [0, 0.05) is 25.8 Å². The number of piperidine rings is 1. The van der Waals surface area contributed by atoms with Crippen molar-refractivity contribution in [1.82, 2.24) is 25.1 Å². The number of carbonyl (C=O) groups excluding carboxylic acids is 1. The molecule has 3 heterocycles. The van der Waals surface area contributed by atoms with Gasteiger partial charge in [-0.05, 0) is 56.5 Å². The third-order valence-corrected chi connectivity index (χ3v) is 6.39. The van der Waals surface area contributed by atoms with Crippen molar-refractivity contribution in [2.75, 3.05) is 24.6 Å². The third-order valence-electron chi connectivity index (χ3n) is 6.39. The molecule has 180 valence electrons. The molecular weight excluding hydrogens is 440 g/mol. The van der Waals surface area contributed by atoms with Crippen LogP contribution in [0.2, 0.25) is 0 Å². The second kappa shape index (κ2) is 10.1. The number of aromatic nitrogens is 4. The van der Waals surface area contributed by atoms with Crippen LogP contribution in [0.1, 0.15) is 30.9 Å². The lowest BCUT2D eigenvalue weighted by atomic mass is 9.97. The van der Waals surface area contributed by atoms with Crippen LogP contribution in [0.5, 0.6) is 5.75 Å². The van der Waals surface area contributed by atoms with Gasteiger partial charge in [-0.15, -0.1) is 5.10 Å². The van der Waals surface area contributed by atoms with Gasteiger partial charge in [0.15, 0.2) is 5.65 Å². The number of ether oxygens (including phenoxy) is 1. The monoisotopic (exact) mass is 470 g/mol. The van der Waals surface area contributed by atoms with Gasteiger partial charge < -0.3 is 15.0 Å². The van der Waals surface area contributed by atoms with Crippen LogP contribution in [0.15, 0.2) is 61.1 Å². The molecule has 0 unspecified atom stereocenters. The van der Waals surface area contributed by atoms with Crippen molar-refractivity contribution < 1.29 is 9.53 Å². The average molecular weight is 471 g/mol. The maximum absolute atomic E-state index is 13.0. The maximum atomic E-state index is 13.0. The molecule has 1 aliphatic heterocycles. The number of rotatable bonds is 7. The van der Waals surface area contributed by atoms with Crippen molar-refractivity contribution in [1.29, 1.82) is 0 Å². The van der Waals surface area contributed by atoms with Crippen LogP contribution < -0.4 is 15.0 Å². The fourth-order valence-corrected chi connectivity index (χ4v) is 4.49. The number of nitrogens with one attached hydrogen (secondary N) is 1. The molecule has 0 spiro atoms. The zero-order chi connectivity index (χ0) is 24.2. The van der Waals surface area contributed by atoms with Crippen LogP contribution in [0.25, 0.3) is 16.7 Å². The minimum Gasteiger partial charge on any atom is -0.494 e. The molecule has 1 fully saturated rings. The quantitative estimate of drug-likeness (QED) is 0.439. The van der Waals surface area contributed by atoms with Gasteiger partial charge >= 0.3 is 0 Å². The SMILES string of the molecule is CCOc1ccc(CNC(=O)[C@H]2CCCN(c3ncnc4nn(-c5ccc(C)cc5)cc34)C2)cc1. The number of hydrogen-bond acceptors (Lipinski definition) is 6. The smallest absolute Gasteiger partial charge is 0.225 e. The Kier molecular flexibility index (Phi) is 6.61. The number of anilines is 1. The van der Waals surface area contributed by atoms with Gasteiger partial charge in [0.25, 0.3) is 0 Å². The predicted octanol–water partition coefficient (Wildman–Crippen LogP) is 4.06. The Morgan fingerprint density at radius 2 is 1.91 bits per heavy atom. The Morgan fingerprint density at radius 3 is 2.69 bits per heavy atom. The van der Waals surface area contributed by atoms with E-state index < -0.39 is 0 Å². The molecule has 0 radical (unpaired) electrons. The zero-order valence-corrected chi connectivity index (χ0v) is 20.1.